The maximum absolute atomic E-state index is 12.3. The Balaban J connectivity index is 1.31. The number of tetrazole rings is 1. The minimum atomic E-state index is -0.410. The maximum Gasteiger partial charge on any atom is 0.255 e. The average Bonchev–Trinajstić information content (AvgIpc) is 3.05. The maximum atomic E-state index is 12.3. The van der Waals surface area contributed by atoms with E-state index in [2.05, 4.69) is 26.2 Å². The van der Waals surface area contributed by atoms with Crippen molar-refractivity contribution >= 4 is 11.8 Å². The summed E-state index contributed by atoms with van der Waals surface area (Å²) in [6.45, 7) is 2.76. The molecule has 2 amide bonds. The van der Waals surface area contributed by atoms with E-state index in [9.17, 15) is 9.59 Å². The lowest BCUT2D eigenvalue weighted by atomic mass is 9.81. The number of hydrogen-bond donors (Lipinski definition) is 2. The predicted molar refractivity (Wildman–Crippen MR) is 99.7 cm³/mol. The summed E-state index contributed by atoms with van der Waals surface area (Å²) in [5.41, 5.74) is 0.167. The fourth-order valence-electron chi connectivity index (χ4n) is 3.88. The molecule has 0 bridgehead atoms. The molecule has 2 N–H and O–H groups in total. The van der Waals surface area contributed by atoms with E-state index in [0.717, 1.165) is 25.7 Å². The second-order valence-electron chi connectivity index (χ2n) is 7.50. The molecular weight excluding hydrogens is 360 g/mol. The van der Waals surface area contributed by atoms with Crippen molar-refractivity contribution < 1.29 is 14.3 Å². The lowest BCUT2D eigenvalue weighted by molar-refractivity contribution is -0.122. The van der Waals surface area contributed by atoms with Gasteiger partial charge >= 0.3 is 0 Å². The Kier molecular flexibility index (Phi) is 4.97. The Morgan fingerprint density at radius 1 is 1.36 bits per heavy atom. The number of hydrogen-bond acceptors (Lipinski definition) is 6. The van der Waals surface area contributed by atoms with Crippen LogP contribution in [0, 0.1) is 6.92 Å². The summed E-state index contributed by atoms with van der Waals surface area (Å²) in [5.74, 6) is 1.23. The monoisotopic (exact) mass is 384 g/mol. The molecular formula is C19H24N6O3. The first-order valence-corrected chi connectivity index (χ1v) is 9.63. The Bertz CT molecular complexity index is 872. The number of para-hydroxylation sites is 1. The standard InChI is InChI=1S/C19H24N6O3/c1-13-22-23-24-25(13)11-8-17(26)21-14-6-9-19(10-7-14)12-20-18(27)15-4-2-3-5-16(15)28-19/h2-5,14H,6-12H2,1H3,(H,20,27)(H,21,26). The van der Waals surface area contributed by atoms with Gasteiger partial charge < -0.3 is 15.4 Å². The highest BCUT2D eigenvalue weighted by molar-refractivity contribution is 5.97. The number of carbonyl (C=O) groups is 2. The van der Waals surface area contributed by atoms with Crippen LogP contribution in [0.15, 0.2) is 24.3 Å². The third-order valence-corrected chi connectivity index (χ3v) is 5.55. The molecule has 4 rings (SSSR count). The fraction of sp³-hybridized carbons (Fsp3) is 0.526. The van der Waals surface area contributed by atoms with Gasteiger partial charge in [0.1, 0.15) is 17.2 Å². The zero-order valence-corrected chi connectivity index (χ0v) is 15.9. The Morgan fingerprint density at radius 2 is 2.14 bits per heavy atom. The topological polar surface area (TPSA) is 111 Å². The van der Waals surface area contributed by atoms with Crippen molar-refractivity contribution in [2.75, 3.05) is 6.54 Å². The van der Waals surface area contributed by atoms with Crippen molar-refractivity contribution in [3.63, 3.8) is 0 Å². The van der Waals surface area contributed by atoms with Crippen LogP contribution in [-0.2, 0) is 11.3 Å². The van der Waals surface area contributed by atoms with Crippen molar-refractivity contribution in [3.8, 4) is 5.75 Å². The van der Waals surface area contributed by atoms with Gasteiger partial charge in [0.05, 0.1) is 18.7 Å². The Labute approximate surface area is 162 Å². The molecule has 0 radical (unpaired) electrons. The number of fused-ring (bicyclic) bond motifs is 1. The van der Waals surface area contributed by atoms with Gasteiger partial charge in [-0.3, -0.25) is 9.59 Å². The van der Waals surface area contributed by atoms with E-state index in [1.807, 2.05) is 25.1 Å². The quantitative estimate of drug-likeness (QED) is 0.813. The minimum Gasteiger partial charge on any atom is -0.485 e. The first-order valence-electron chi connectivity index (χ1n) is 9.63. The lowest BCUT2D eigenvalue weighted by Crippen LogP contribution is -2.51. The van der Waals surface area contributed by atoms with Gasteiger partial charge in [-0.2, -0.15) is 0 Å². The van der Waals surface area contributed by atoms with Gasteiger partial charge in [-0.15, -0.1) is 5.10 Å². The normalized spacial score (nSPS) is 24.0. The third-order valence-electron chi connectivity index (χ3n) is 5.55. The number of aromatic nitrogens is 4. The minimum absolute atomic E-state index is 0.00344. The smallest absolute Gasteiger partial charge is 0.255 e. The van der Waals surface area contributed by atoms with Crippen LogP contribution in [0.1, 0.15) is 48.3 Å². The molecule has 1 aliphatic carbocycles. The van der Waals surface area contributed by atoms with Gasteiger partial charge in [-0.05, 0) is 55.2 Å². The van der Waals surface area contributed by atoms with E-state index in [0.29, 0.717) is 36.6 Å². The summed E-state index contributed by atoms with van der Waals surface area (Å²) in [4.78, 5) is 24.5. The van der Waals surface area contributed by atoms with Crippen LogP contribution < -0.4 is 15.4 Å². The summed E-state index contributed by atoms with van der Waals surface area (Å²) in [5, 5.41) is 17.3. The summed E-state index contributed by atoms with van der Waals surface area (Å²) in [6, 6.07) is 7.46. The van der Waals surface area contributed by atoms with E-state index >= 15 is 0 Å². The molecule has 1 spiro atoms. The molecule has 2 aromatic rings. The molecule has 28 heavy (non-hydrogen) atoms. The number of carbonyl (C=O) groups excluding carboxylic acids is 2. The number of benzene rings is 1. The Morgan fingerprint density at radius 3 is 2.89 bits per heavy atom. The van der Waals surface area contributed by atoms with Crippen LogP contribution >= 0.6 is 0 Å². The van der Waals surface area contributed by atoms with Crippen molar-refractivity contribution in [2.45, 2.75) is 57.2 Å². The molecule has 0 atom stereocenters. The fourth-order valence-corrected chi connectivity index (χ4v) is 3.88. The van der Waals surface area contributed by atoms with Gasteiger partial charge in [0.15, 0.2) is 0 Å². The van der Waals surface area contributed by atoms with Crippen molar-refractivity contribution in [1.82, 2.24) is 30.8 Å². The molecule has 9 heteroatoms. The van der Waals surface area contributed by atoms with Crippen LogP contribution in [-0.4, -0.2) is 50.2 Å². The number of nitrogens with one attached hydrogen (secondary N) is 2. The first-order chi connectivity index (χ1) is 13.5. The van der Waals surface area contributed by atoms with E-state index in [-0.39, 0.29) is 17.9 Å². The number of amides is 2. The van der Waals surface area contributed by atoms with Gasteiger partial charge in [-0.25, -0.2) is 4.68 Å². The molecule has 0 unspecified atom stereocenters. The zero-order chi connectivity index (χ0) is 19.6. The highest BCUT2D eigenvalue weighted by Gasteiger charge is 2.40. The molecule has 9 nitrogen and oxygen atoms in total. The van der Waals surface area contributed by atoms with Crippen molar-refractivity contribution in [2.24, 2.45) is 0 Å². The van der Waals surface area contributed by atoms with Crippen LogP contribution in [0.2, 0.25) is 0 Å². The van der Waals surface area contributed by atoms with E-state index in [1.165, 1.54) is 0 Å². The van der Waals surface area contributed by atoms with Crippen molar-refractivity contribution in [1.29, 1.82) is 0 Å². The van der Waals surface area contributed by atoms with Crippen LogP contribution in [0.3, 0.4) is 0 Å². The Hall–Kier alpha value is -2.97. The molecule has 2 aliphatic rings. The van der Waals surface area contributed by atoms with E-state index < -0.39 is 5.60 Å². The average molecular weight is 384 g/mol. The first kappa shape index (κ1) is 18.4. The molecule has 1 aliphatic heterocycles. The highest BCUT2D eigenvalue weighted by Crippen LogP contribution is 2.36. The SMILES string of the molecule is Cc1nnnn1CCC(=O)NC1CCC2(CC1)CNC(=O)c1ccccc1O2. The van der Waals surface area contributed by atoms with E-state index in [4.69, 9.17) is 4.74 Å². The van der Waals surface area contributed by atoms with Crippen LogP contribution in [0.4, 0.5) is 0 Å². The lowest BCUT2D eigenvalue weighted by Gasteiger charge is -2.39. The van der Waals surface area contributed by atoms with Gasteiger partial charge in [-0.1, -0.05) is 12.1 Å². The molecule has 1 saturated carbocycles. The molecule has 1 aromatic heterocycles. The summed E-state index contributed by atoms with van der Waals surface area (Å²) < 4.78 is 7.92. The summed E-state index contributed by atoms with van der Waals surface area (Å²) >= 11 is 0. The molecule has 1 fully saturated rings. The third kappa shape index (κ3) is 3.83. The van der Waals surface area contributed by atoms with Crippen LogP contribution in [0.5, 0.6) is 5.75 Å². The molecule has 0 saturated heterocycles. The number of rotatable bonds is 4. The molecule has 148 valence electrons. The number of nitrogens with zero attached hydrogens (tertiary/aromatic N) is 4. The van der Waals surface area contributed by atoms with Gasteiger partial charge in [0.25, 0.3) is 5.91 Å². The second-order valence-corrected chi connectivity index (χ2v) is 7.50. The second kappa shape index (κ2) is 7.57. The van der Waals surface area contributed by atoms with Gasteiger partial charge in [0, 0.05) is 12.5 Å². The van der Waals surface area contributed by atoms with E-state index in [1.54, 1.807) is 10.7 Å². The highest BCUT2D eigenvalue weighted by atomic mass is 16.5. The summed E-state index contributed by atoms with van der Waals surface area (Å²) in [7, 11) is 0. The van der Waals surface area contributed by atoms with Crippen molar-refractivity contribution in [3.05, 3.63) is 35.7 Å². The predicted octanol–water partition coefficient (Wildman–Crippen LogP) is 0.992. The number of aryl methyl sites for hydroxylation is 2. The number of ether oxygens (including phenoxy) is 1. The van der Waals surface area contributed by atoms with Crippen LogP contribution in [0.25, 0.3) is 0 Å². The summed E-state index contributed by atoms with van der Waals surface area (Å²) in [6.07, 6.45) is 3.52. The largest absolute Gasteiger partial charge is 0.485 e. The zero-order valence-electron chi connectivity index (χ0n) is 15.9. The molecule has 1 aromatic carbocycles. The van der Waals surface area contributed by atoms with Gasteiger partial charge in [0.2, 0.25) is 5.91 Å². The molecule has 2 heterocycles.